The lowest BCUT2D eigenvalue weighted by molar-refractivity contribution is 0.165. The number of methoxy groups -OCH3 is 1. The Morgan fingerprint density at radius 1 is 1.64 bits per heavy atom. The second-order valence-electron chi connectivity index (χ2n) is 3.38. The maximum absolute atomic E-state index is 5.15. The molecule has 1 aromatic heterocycles. The third-order valence-corrected chi connectivity index (χ3v) is 2.07. The highest BCUT2D eigenvalue weighted by Gasteiger charge is 2.12. The first-order valence-corrected chi connectivity index (χ1v) is 4.99. The lowest BCUT2D eigenvalue weighted by atomic mass is 10.2. The van der Waals surface area contributed by atoms with Crippen LogP contribution >= 0.6 is 0 Å². The Morgan fingerprint density at radius 2 is 2.43 bits per heavy atom. The number of ether oxygens (including phenoxy) is 1. The number of aryl methyl sites for hydroxylation is 1. The van der Waals surface area contributed by atoms with E-state index < -0.39 is 0 Å². The maximum atomic E-state index is 5.15. The Labute approximate surface area is 85.3 Å². The summed E-state index contributed by atoms with van der Waals surface area (Å²) in [4.78, 5) is 0. The van der Waals surface area contributed by atoms with Crippen LogP contribution in [0.25, 0.3) is 0 Å². The highest BCUT2D eigenvalue weighted by molar-refractivity contribution is 5.05. The van der Waals surface area contributed by atoms with E-state index in [2.05, 4.69) is 17.3 Å². The molecule has 14 heavy (non-hydrogen) atoms. The summed E-state index contributed by atoms with van der Waals surface area (Å²) in [5.74, 6) is 0. The van der Waals surface area contributed by atoms with Crippen LogP contribution in [0.3, 0.4) is 0 Å². The lowest BCUT2D eigenvalue weighted by Crippen LogP contribution is -2.26. The van der Waals surface area contributed by atoms with Crippen molar-refractivity contribution < 1.29 is 4.74 Å². The number of aromatic nitrogens is 2. The molecule has 1 heterocycles. The van der Waals surface area contributed by atoms with Crippen molar-refractivity contribution in [1.29, 1.82) is 0 Å². The molecule has 0 spiro atoms. The highest BCUT2D eigenvalue weighted by atomic mass is 16.5. The first kappa shape index (κ1) is 11.2. The number of rotatable bonds is 6. The minimum Gasteiger partial charge on any atom is -0.383 e. The van der Waals surface area contributed by atoms with Gasteiger partial charge in [-0.15, -0.1) is 0 Å². The molecular formula is C10H19N3O. The van der Waals surface area contributed by atoms with Crippen LogP contribution in [0, 0.1) is 0 Å². The van der Waals surface area contributed by atoms with Gasteiger partial charge in [-0.05, 0) is 19.0 Å². The van der Waals surface area contributed by atoms with E-state index in [-0.39, 0.29) is 6.04 Å². The fourth-order valence-electron chi connectivity index (χ4n) is 1.35. The van der Waals surface area contributed by atoms with Crippen LogP contribution in [0.1, 0.15) is 25.1 Å². The Balaban J connectivity index is 2.57. The molecule has 1 N–H and O–H groups in total. The summed E-state index contributed by atoms with van der Waals surface area (Å²) < 4.78 is 6.96. The standard InChI is InChI=1S/C10H19N3O/c1-4-6-11-10(8-14-3)9-5-7-13(2)12-9/h5,7,10-11H,4,6,8H2,1-3H3. The Kier molecular flexibility index (Phi) is 4.62. The molecule has 1 unspecified atom stereocenters. The molecule has 0 aliphatic heterocycles. The van der Waals surface area contributed by atoms with Gasteiger partial charge in [0.05, 0.1) is 18.3 Å². The van der Waals surface area contributed by atoms with Gasteiger partial charge in [-0.1, -0.05) is 6.92 Å². The second-order valence-corrected chi connectivity index (χ2v) is 3.38. The Bertz CT molecular complexity index is 260. The van der Waals surface area contributed by atoms with E-state index in [0.717, 1.165) is 18.7 Å². The van der Waals surface area contributed by atoms with Crippen molar-refractivity contribution in [1.82, 2.24) is 15.1 Å². The molecule has 0 amide bonds. The smallest absolute Gasteiger partial charge is 0.0817 e. The first-order chi connectivity index (χ1) is 6.77. The van der Waals surface area contributed by atoms with Gasteiger partial charge in [0, 0.05) is 20.4 Å². The first-order valence-electron chi connectivity index (χ1n) is 4.99. The summed E-state index contributed by atoms with van der Waals surface area (Å²) in [6.07, 6.45) is 3.07. The molecule has 0 aromatic carbocycles. The van der Waals surface area contributed by atoms with Crippen LogP contribution in [0.5, 0.6) is 0 Å². The molecule has 0 radical (unpaired) electrons. The van der Waals surface area contributed by atoms with Crippen molar-refractivity contribution in [3.63, 3.8) is 0 Å². The van der Waals surface area contributed by atoms with Crippen LogP contribution in [0.15, 0.2) is 12.3 Å². The van der Waals surface area contributed by atoms with Gasteiger partial charge in [-0.25, -0.2) is 0 Å². The molecule has 1 atom stereocenters. The van der Waals surface area contributed by atoms with Gasteiger partial charge in [-0.2, -0.15) is 5.10 Å². The largest absolute Gasteiger partial charge is 0.383 e. The van der Waals surface area contributed by atoms with E-state index in [9.17, 15) is 0 Å². The van der Waals surface area contributed by atoms with E-state index in [0.29, 0.717) is 6.61 Å². The van der Waals surface area contributed by atoms with Gasteiger partial charge in [0.15, 0.2) is 0 Å². The number of nitrogens with zero attached hydrogens (tertiary/aromatic N) is 2. The third-order valence-electron chi connectivity index (χ3n) is 2.07. The molecule has 0 bridgehead atoms. The molecule has 1 rings (SSSR count). The zero-order valence-corrected chi connectivity index (χ0v) is 9.16. The quantitative estimate of drug-likeness (QED) is 0.742. The summed E-state index contributed by atoms with van der Waals surface area (Å²) in [6.45, 7) is 3.80. The molecule has 0 saturated heterocycles. The number of nitrogens with one attached hydrogen (secondary N) is 1. The molecule has 0 saturated carbocycles. The fourth-order valence-corrected chi connectivity index (χ4v) is 1.35. The van der Waals surface area contributed by atoms with Crippen molar-refractivity contribution in [3.8, 4) is 0 Å². The van der Waals surface area contributed by atoms with Crippen molar-refractivity contribution >= 4 is 0 Å². The highest BCUT2D eigenvalue weighted by Crippen LogP contribution is 2.09. The topological polar surface area (TPSA) is 39.1 Å². The summed E-state index contributed by atoms with van der Waals surface area (Å²) in [7, 11) is 3.64. The van der Waals surface area contributed by atoms with E-state index in [1.807, 2.05) is 24.0 Å². The second kappa shape index (κ2) is 5.78. The summed E-state index contributed by atoms with van der Waals surface area (Å²) >= 11 is 0. The van der Waals surface area contributed by atoms with Gasteiger partial charge >= 0.3 is 0 Å². The Hall–Kier alpha value is -0.870. The normalized spacial score (nSPS) is 13.1. The van der Waals surface area contributed by atoms with Crippen LogP contribution in [-0.2, 0) is 11.8 Å². The molecule has 0 aliphatic rings. The van der Waals surface area contributed by atoms with Crippen molar-refractivity contribution in [2.75, 3.05) is 20.3 Å². The average Bonchev–Trinajstić information content (AvgIpc) is 2.59. The molecular weight excluding hydrogens is 178 g/mol. The van der Waals surface area contributed by atoms with Gasteiger partial charge in [-0.3, -0.25) is 4.68 Å². The van der Waals surface area contributed by atoms with Crippen LogP contribution in [0.2, 0.25) is 0 Å². The zero-order valence-electron chi connectivity index (χ0n) is 9.16. The average molecular weight is 197 g/mol. The Morgan fingerprint density at radius 3 is 2.93 bits per heavy atom. The van der Waals surface area contributed by atoms with Gasteiger partial charge in [0.25, 0.3) is 0 Å². The van der Waals surface area contributed by atoms with Crippen molar-refractivity contribution in [2.24, 2.45) is 7.05 Å². The van der Waals surface area contributed by atoms with E-state index in [1.54, 1.807) is 7.11 Å². The maximum Gasteiger partial charge on any atom is 0.0817 e. The molecule has 4 heteroatoms. The lowest BCUT2D eigenvalue weighted by Gasteiger charge is -2.14. The van der Waals surface area contributed by atoms with Crippen molar-refractivity contribution in [3.05, 3.63) is 18.0 Å². The van der Waals surface area contributed by atoms with E-state index in [1.165, 1.54) is 0 Å². The van der Waals surface area contributed by atoms with Gasteiger partial charge < -0.3 is 10.1 Å². The molecule has 0 fully saturated rings. The van der Waals surface area contributed by atoms with Gasteiger partial charge in [0.1, 0.15) is 0 Å². The van der Waals surface area contributed by atoms with Crippen LogP contribution in [-0.4, -0.2) is 30.0 Å². The molecule has 1 aromatic rings. The SMILES string of the molecule is CCCNC(COC)c1ccn(C)n1. The van der Waals surface area contributed by atoms with Crippen LogP contribution in [0.4, 0.5) is 0 Å². The van der Waals surface area contributed by atoms with Gasteiger partial charge in [0.2, 0.25) is 0 Å². The minimum atomic E-state index is 0.209. The predicted octanol–water partition coefficient (Wildman–Crippen LogP) is 1.11. The monoisotopic (exact) mass is 197 g/mol. The van der Waals surface area contributed by atoms with E-state index in [4.69, 9.17) is 4.74 Å². The minimum absolute atomic E-state index is 0.209. The van der Waals surface area contributed by atoms with E-state index >= 15 is 0 Å². The third kappa shape index (κ3) is 3.12. The number of hydrogen-bond acceptors (Lipinski definition) is 3. The fraction of sp³-hybridized carbons (Fsp3) is 0.700. The number of hydrogen-bond donors (Lipinski definition) is 1. The molecule has 4 nitrogen and oxygen atoms in total. The molecule has 0 aliphatic carbocycles. The zero-order chi connectivity index (χ0) is 10.4. The predicted molar refractivity (Wildman–Crippen MR) is 56.1 cm³/mol. The summed E-state index contributed by atoms with van der Waals surface area (Å²) in [5.41, 5.74) is 1.04. The molecule has 80 valence electrons. The summed E-state index contributed by atoms with van der Waals surface area (Å²) in [6, 6.07) is 2.23. The summed E-state index contributed by atoms with van der Waals surface area (Å²) in [5, 5.41) is 7.76. The van der Waals surface area contributed by atoms with Crippen LogP contribution < -0.4 is 5.32 Å². The van der Waals surface area contributed by atoms with Crippen molar-refractivity contribution in [2.45, 2.75) is 19.4 Å².